The van der Waals surface area contributed by atoms with Gasteiger partial charge in [0.1, 0.15) is 18.1 Å². The van der Waals surface area contributed by atoms with Crippen LogP contribution in [0.5, 0.6) is 5.75 Å². The molecule has 152 valence electrons. The molecule has 0 spiro atoms. The third kappa shape index (κ3) is 6.27. The molecule has 2 aromatic carbocycles. The van der Waals surface area contributed by atoms with Crippen molar-refractivity contribution < 1.29 is 18.7 Å². The molecule has 0 aliphatic heterocycles. The summed E-state index contributed by atoms with van der Waals surface area (Å²) in [6, 6.07) is 18.3. The molecule has 2 amide bonds. The van der Waals surface area contributed by atoms with E-state index in [4.69, 9.17) is 25.5 Å². The van der Waals surface area contributed by atoms with Crippen LogP contribution < -0.4 is 10.1 Å². The van der Waals surface area contributed by atoms with Gasteiger partial charge < -0.3 is 24.1 Å². The van der Waals surface area contributed by atoms with E-state index in [0.717, 1.165) is 5.56 Å². The molecule has 0 bridgehead atoms. The maximum absolute atomic E-state index is 12.9. The number of ether oxygens (including phenoxy) is 2. The van der Waals surface area contributed by atoms with E-state index in [-0.39, 0.29) is 6.03 Å². The summed E-state index contributed by atoms with van der Waals surface area (Å²) in [5.41, 5.74) is 1.60. The highest BCUT2D eigenvalue weighted by atomic mass is 35.5. The van der Waals surface area contributed by atoms with Crippen LogP contribution in [0.1, 0.15) is 11.3 Å². The molecular weight excluding hydrogens is 392 g/mol. The van der Waals surface area contributed by atoms with Crippen LogP contribution in [0.2, 0.25) is 5.02 Å². The smallest absolute Gasteiger partial charge is 0.322 e. The minimum absolute atomic E-state index is 0.255. The molecule has 3 aromatic rings. The van der Waals surface area contributed by atoms with Gasteiger partial charge in [0.2, 0.25) is 0 Å². The van der Waals surface area contributed by atoms with E-state index in [1.54, 1.807) is 42.5 Å². The standard InChI is InChI=1S/C22H23ClN2O4/c1-27-12-13-29-21-10-9-18(14-20(21)23)24-22(26)25(16-19-8-5-11-28-19)15-17-6-3-2-4-7-17/h2-11,14H,12-13,15-16H2,1H3,(H,24,26). The number of anilines is 1. The number of hydrogen-bond donors (Lipinski definition) is 1. The van der Waals surface area contributed by atoms with E-state index >= 15 is 0 Å². The number of furan rings is 1. The molecule has 0 fully saturated rings. The van der Waals surface area contributed by atoms with Crippen LogP contribution in [0.4, 0.5) is 10.5 Å². The fourth-order valence-corrected chi connectivity index (χ4v) is 2.96. The predicted octanol–water partition coefficient (Wildman–Crippen LogP) is 5.19. The van der Waals surface area contributed by atoms with Gasteiger partial charge in [-0.05, 0) is 35.9 Å². The van der Waals surface area contributed by atoms with Crippen molar-refractivity contribution in [3.63, 3.8) is 0 Å². The number of hydrogen-bond acceptors (Lipinski definition) is 4. The van der Waals surface area contributed by atoms with Crippen molar-refractivity contribution in [1.29, 1.82) is 0 Å². The van der Waals surface area contributed by atoms with Gasteiger partial charge in [-0.25, -0.2) is 4.79 Å². The number of nitrogens with zero attached hydrogens (tertiary/aromatic N) is 1. The number of amides is 2. The van der Waals surface area contributed by atoms with Crippen molar-refractivity contribution in [2.24, 2.45) is 0 Å². The van der Waals surface area contributed by atoms with Crippen molar-refractivity contribution in [1.82, 2.24) is 4.90 Å². The Labute approximate surface area is 175 Å². The van der Waals surface area contributed by atoms with Crippen molar-refractivity contribution in [3.8, 4) is 5.75 Å². The van der Waals surface area contributed by atoms with Gasteiger partial charge in [0, 0.05) is 19.3 Å². The molecule has 6 nitrogen and oxygen atoms in total. The Balaban J connectivity index is 1.69. The molecule has 0 radical (unpaired) electrons. The highest BCUT2D eigenvalue weighted by Gasteiger charge is 2.17. The molecule has 7 heteroatoms. The molecule has 0 atom stereocenters. The Kier molecular flexibility index (Phi) is 7.55. The quantitative estimate of drug-likeness (QED) is 0.489. The third-order valence-corrected chi connectivity index (χ3v) is 4.45. The normalized spacial score (nSPS) is 10.6. The van der Waals surface area contributed by atoms with Crippen LogP contribution in [-0.4, -0.2) is 31.3 Å². The van der Waals surface area contributed by atoms with E-state index in [2.05, 4.69) is 5.32 Å². The first-order valence-electron chi connectivity index (χ1n) is 9.19. The van der Waals surface area contributed by atoms with Gasteiger partial charge in [-0.2, -0.15) is 0 Å². The monoisotopic (exact) mass is 414 g/mol. The molecule has 0 saturated heterocycles. The van der Waals surface area contributed by atoms with Gasteiger partial charge in [0.05, 0.1) is 24.4 Å². The Bertz CT molecular complexity index is 900. The minimum atomic E-state index is -0.255. The third-order valence-electron chi connectivity index (χ3n) is 4.16. The van der Waals surface area contributed by atoms with Gasteiger partial charge in [-0.15, -0.1) is 0 Å². The summed E-state index contributed by atoms with van der Waals surface area (Å²) in [6.07, 6.45) is 1.59. The number of halogens is 1. The Morgan fingerprint density at radius 3 is 2.59 bits per heavy atom. The number of carbonyl (C=O) groups excluding carboxylic acids is 1. The van der Waals surface area contributed by atoms with Gasteiger partial charge in [0.15, 0.2) is 0 Å². The Hall–Kier alpha value is -2.96. The van der Waals surface area contributed by atoms with Crippen molar-refractivity contribution in [2.45, 2.75) is 13.1 Å². The SMILES string of the molecule is COCCOc1ccc(NC(=O)N(Cc2ccccc2)Cc2ccco2)cc1Cl. The zero-order valence-corrected chi connectivity index (χ0v) is 16.9. The predicted molar refractivity (Wildman–Crippen MR) is 112 cm³/mol. The summed E-state index contributed by atoms with van der Waals surface area (Å²) in [5, 5.41) is 3.31. The first kappa shape index (κ1) is 20.8. The zero-order chi connectivity index (χ0) is 20.5. The number of carbonyl (C=O) groups is 1. The fourth-order valence-electron chi connectivity index (χ4n) is 2.73. The Morgan fingerprint density at radius 2 is 1.90 bits per heavy atom. The summed E-state index contributed by atoms with van der Waals surface area (Å²) >= 11 is 6.27. The summed E-state index contributed by atoms with van der Waals surface area (Å²) < 4.78 is 15.9. The number of urea groups is 1. The van der Waals surface area contributed by atoms with Crippen LogP contribution in [0.15, 0.2) is 71.3 Å². The number of nitrogens with one attached hydrogen (secondary N) is 1. The second-order valence-electron chi connectivity index (χ2n) is 6.34. The summed E-state index contributed by atoms with van der Waals surface area (Å²) in [7, 11) is 1.60. The van der Waals surface area contributed by atoms with E-state index in [1.807, 2.05) is 36.4 Å². The van der Waals surface area contributed by atoms with E-state index in [1.165, 1.54) is 0 Å². The van der Waals surface area contributed by atoms with Crippen molar-refractivity contribution in [2.75, 3.05) is 25.6 Å². The summed E-state index contributed by atoms with van der Waals surface area (Å²) in [4.78, 5) is 14.6. The average molecular weight is 415 g/mol. The molecule has 0 aliphatic rings. The number of methoxy groups -OCH3 is 1. The van der Waals surface area contributed by atoms with Crippen LogP contribution in [0.25, 0.3) is 0 Å². The second-order valence-corrected chi connectivity index (χ2v) is 6.74. The van der Waals surface area contributed by atoms with Gasteiger partial charge in [0.25, 0.3) is 0 Å². The van der Waals surface area contributed by atoms with Gasteiger partial charge in [-0.3, -0.25) is 0 Å². The first-order chi connectivity index (χ1) is 14.2. The lowest BCUT2D eigenvalue weighted by Crippen LogP contribution is -2.34. The summed E-state index contributed by atoms with van der Waals surface area (Å²) in [6.45, 7) is 1.66. The zero-order valence-electron chi connectivity index (χ0n) is 16.1. The van der Waals surface area contributed by atoms with Gasteiger partial charge in [-0.1, -0.05) is 41.9 Å². The van der Waals surface area contributed by atoms with Crippen LogP contribution in [0.3, 0.4) is 0 Å². The molecule has 0 saturated carbocycles. The second kappa shape index (κ2) is 10.5. The summed E-state index contributed by atoms with van der Waals surface area (Å²) in [5.74, 6) is 1.24. The molecule has 3 rings (SSSR count). The topological polar surface area (TPSA) is 63.9 Å². The van der Waals surface area contributed by atoms with E-state index in [0.29, 0.717) is 48.5 Å². The van der Waals surface area contributed by atoms with Crippen LogP contribution in [0, 0.1) is 0 Å². The molecule has 1 heterocycles. The lowest BCUT2D eigenvalue weighted by Gasteiger charge is -2.22. The maximum Gasteiger partial charge on any atom is 0.322 e. The molecular formula is C22H23ClN2O4. The fraction of sp³-hybridized carbons (Fsp3) is 0.227. The van der Waals surface area contributed by atoms with Crippen molar-refractivity contribution >= 4 is 23.3 Å². The van der Waals surface area contributed by atoms with Crippen LogP contribution in [-0.2, 0) is 17.8 Å². The molecule has 29 heavy (non-hydrogen) atoms. The van der Waals surface area contributed by atoms with Crippen LogP contribution >= 0.6 is 11.6 Å². The molecule has 1 N–H and O–H groups in total. The minimum Gasteiger partial charge on any atom is -0.490 e. The number of benzene rings is 2. The number of rotatable bonds is 9. The van der Waals surface area contributed by atoms with Crippen molar-refractivity contribution in [3.05, 3.63) is 83.3 Å². The highest BCUT2D eigenvalue weighted by Crippen LogP contribution is 2.28. The molecule has 1 aromatic heterocycles. The van der Waals surface area contributed by atoms with E-state index in [9.17, 15) is 4.79 Å². The molecule has 0 aliphatic carbocycles. The molecule has 0 unspecified atom stereocenters. The van der Waals surface area contributed by atoms with Gasteiger partial charge >= 0.3 is 6.03 Å². The highest BCUT2D eigenvalue weighted by molar-refractivity contribution is 6.32. The average Bonchev–Trinajstić information content (AvgIpc) is 3.23. The first-order valence-corrected chi connectivity index (χ1v) is 9.57. The lowest BCUT2D eigenvalue weighted by atomic mass is 10.2. The maximum atomic E-state index is 12.9. The largest absolute Gasteiger partial charge is 0.490 e. The van der Waals surface area contributed by atoms with E-state index < -0.39 is 0 Å². The Morgan fingerprint density at radius 1 is 1.07 bits per heavy atom. The lowest BCUT2D eigenvalue weighted by molar-refractivity contribution is 0.146.